The van der Waals surface area contributed by atoms with Gasteiger partial charge >= 0.3 is 6.18 Å². The quantitative estimate of drug-likeness (QED) is 0.541. The smallest absolute Gasteiger partial charge is 0.452 e. The number of ether oxygens (including phenoxy) is 2. The van der Waals surface area contributed by atoms with E-state index in [2.05, 4.69) is 9.84 Å². The number of carbonyl (C=O) groups excluding carboxylic acids is 1. The van der Waals surface area contributed by atoms with E-state index < -0.39 is 11.9 Å². The lowest BCUT2D eigenvalue weighted by atomic mass is 10.1. The van der Waals surface area contributed by atoms with Crippen molar-refractivity contribution >= 4 is 5.78 Å². The average Bonchev–Trinajstić information content (AvgIpc) is 3.02. The van der Waals surface area contributed by atoms with Gasteiger partial charge in [0.1, 0.15) is 12.0 Å². The van der Waals surface area contributed by atoms with Crippen LogP contribution in [0.2, 0.25) is 0 Å². The van der Waals surface area contributed by atoms with E-state index in [1.807, 2.05) is 6.07 Å². The number of carbonyl (C=O) groups is 1. The first kappa shape index (κ1) is 19.6. The van der Waals surface area contributed by atoms with Gasteiger partial charge in [0.25, 0.3) is 0 Å². The Hall–Kier alpha value is -2.77. The van der Waals surface area contributed by atoms with E-state index in [4.69, 9.17) is 4.74 Å². The maximum Gasteiger partial charge on any atom is 0.452 e. The molecule has 0 aliphatic carbocycles. The molecule has 0 fully saturated rings. The number of Topliss-reactive ketones (excluding diaryl/α,β-unsaturated/α-hetero) is 1. The van der Waals surface area contributed by atoms with Crippen LogP contribution in [0.3, 0.4) is 0 Å². The van der Waals surface area contributed by atoms with Crippen molar-refractivity contribution in [2.24, 2.45) is 0 Å². The maximum absolute atomic E-state index is 12.8. The third-order valence-corrected chi connectivity index (χ3v) is 3.64. The Morgan fingerprint density at radius 2 is 2.08 bits per heavy atom. The first-order chi connectivity index (χ1) is 12.2. The predicted octanol–water partition coefficient (Wildman–Crippen LogP) is 4.26. The highest BCUT2D eigenvalue weighted by atomic mass is 19.4. The number of hydrogen-bond donors (Lipinski definition) is 0. The molecule has 0 saturated heterocycles. The molecule has 0 radical (unpaired) electrons. The molecule has 2 rings (SSSR count). The Bertz CT molecular complexity index is 810. The van der Waals surface area contributed by atoms with E-state index in [1.165, 1.54) is 20.0 Å². The molecular formula is C18H19F3N2O3. The summed E-state index contributed by atoms with van der Waals surface area (Å²) >= 11 is 0. The van der Waals surface area contributed by atoms with Gasteiger partial charge < -0.3 is 9.47 Å². The van der Waals surface area contributed by atoms with Crippen LogP contribution in [0.1, 0.15) is 35.3 Å². The Labute approximate surface area is 149 Å². The van der Waals surface area contributed by atoms with Gasteiger partial charge in [0, 0.05) is 6.20 Å². The zero-order valence-corrected chi connectivity index (χ0v) is 14.6. The zero-order valence-electron chi connectivity index (χ0n) is 14.6. The molecule has 0 aliphatic heterocycles. The van der Waals surface area contributed by atoms with E-state index >= 15 is 0 Å². The molecule has 2 aromatic rings. The summed E-state index contributed by atoms with van der Waals surface area (Å²) in [6.45, 7) is 4.89. The molecule has 26 heavy (non-hydrogen) atoms. The fourth-order valence-electron chi connectivity index (χ4n) is 2.22. The summed E-state index contributed by atoms with van der Waals surface area (Å²) in [6, 6.07) is 5.06. The lowest BCUT2D eigenvalue weighted by Crippen LogP contribution is -2.16. The van der Waals surface area contributed by atoms with Crippen LogP contribution in [0.15, 0.2) is 42.6 Å². The minimum Gasteiger partial charge on any atom is -0.487 e. The van der Waals surface area contributed by atoms with Crippen LogP contribution in [0, 0.1) is 6.92 Å². The molecule has 0 spiro atoms. The van der Waals surface area contributed by atoms with Crippen molar-refractivity contribution in [3.63, 3.8) is 0 Å². The van der Waals surface area contributed by atoms with Crippen molar-refractivity contribution in [2.45, 2.75) is 33.5 Å². The maximum atomic E-state index is 12.8. The Morgan fingerprint density at radius 3 is 2.65 bits per heavy atom. The van der Waals surface area contributed by atoms with E-state index in [0.717, 1.165) is 5.56 Å². The number of nitrogens with zero attached hydrogens (tertiary/aromatic N) is 2. The summed E-state index contributed by atoms with van der Waals surface area (Å²) in [7, 11) is 0. The minimum atomic E-state index is -4.63. The zero-order chi connectivity index (χ0) is 19.3. The summed E-state index contributed by atoms with van der Waals surface area (Å²) in [5.41, 5.74) is 1.96. The molecule has 5 nitrogen and oxygen atoms in total. The van der Waals surface area contributed by atoms with Crippen molar-refractivity contribution in [3.05, 3.63) is 59.3 Å². The second kappa shape index (κ2) is 8.07. The molecule has 0 aliphatic rings. The minimum absolute atomic E-state index is 0.0919. The summed E-state index contributed by atoms with van der Waals surface area (Å²) < 4.78 is 49.9. The van der Waals surface area contributed by atoms with Gasteiger partial charge in [-0.1, -0.05) is 12.1 Å². The molecule has 0 bridgehead atoms. The Balaban J connectivity index is 2.21. The van der Waals surface area contributed by atoms with Crippen LogP contribution in [0.4, 0.5) is 13.2 Å². The number of hydrogen-bond acceptors (Lipinski definition) is 4. The Kier molecular flexibility index (Phi) is 6.07. The third-order valence-electron chi connectivity index (χ3n) is 3.64. The van der Waals surface area contributed by atoms with Gasteiger partial charge in [0.05, 0.1) is 24.9 Å². The first-order valence-electron chi connectivity index (χ1n) is 7.91. The number of benzene rings is 1. The number of rotatable bonds is 7. The molecular weight excluding hydrogens is 349 g/mol. The van der Waals surface area contributed by atoms with Crippen molar-refractivity contribution in [1.82, 2.24) is 9.78 Å². The monoisotopic (exact) mass is 368 g/mol. The number of allylic oxidation sites excluding steroid dienone is 1. The molecule has 8 heteroatoms. The number of aromatic nitrogens is 2. The molecule has 1 heterocycles. The van der Waals surface area contributed by atoms with E-state index in [0.29, 0.717) is 23.9 Å². The first-order valence-corrected chi connectivity index (χ1v) is 7.91. The number of ketones is 1. The normalized spacial score (nSPS) is 12.2. The molecule has 0 amide bonds. The lowest BCUT2D eigenvalue weighted by molar-refractivity contribution is -0.132. The van der Waals surface area contributed by atoms with Gasteiger partial charge in [0.15, 0.2) is 5.78 Å². The SMILES string of the molecule is CCO/C(=C\Oc1cccc(Cn2cc(C(C)=O)cn2)c1C)C(F)(F)F. The van der Waals surface area contributed by atoms with Crippen molar-refractivity contribution in [3.8, 4) is 5.75 Å². The van der Waals surface area contributed by atoms with Gasteiger partial charge in [-0.3, -0.25) is 9.48 Å². The van der Waals surface area contributed by atoms with Crippen LogP contribution in [0.25, 0.3) is 0 Å². The summed E-state index contributed by atoms with van der Waals surface area (Å²) in [4.78, 5) is 11.3. The second-order valence-electron chi connectivity index (χ2n) is 5.55. The molecule has 0 N–H and O–H groups in total. The predicted molar refractivity (Wildman–Crippen MR) is 88.9 cm³/mol. The van der Waals surface area contributed by atoms with Gasteiger partial charge in [-0.25, -0.2) is 0 Å². The average molecular weight is 368 g/mol. The van der Waals surface area contributed by atoms with Crippen LogP contribution < -0.4 is 4.74 Å². The molecule has 0 unspecified atom stereocenters. The molecule has 0 saturated carbocycles. The topological polar surface area (TPSA) is 53.4 Å². The Morgan fingerprint density at radius 1 is 1.35 bits per heavy atom. The fourth-order valence-corrected chi connectivity index (χ4v) is 2.22. The molecule has 1 aromatic carbocycles. The van der Waals surface area contributed by atoms with Crippen molar-refractivity contribution < 1.29 is 27.4 Å². The van der Waals surface area contributed by atoms with E-state index in [-0.39, 0.29) is 18.1 Å². The third kappa shape index (κ3) is 4.87. The molecule has 1 aromatic heterocycles. The van der Waals surface area contributed by atoms with Crippen molar-refractivity contribution in [2.75, 3.05) is 6.61 Å². The van der Waals surface area contributed by atoms with Crippen LogP contribution in [-0.4, -0.2) is 28.3 Å². The van der Waals surface area contributed by atoms with E-state index in [9.17, 15) is 18.0 Å². The summed E-state index contributed by atoms with van der Waals surface area (Å²) in [5, 5.41) is 4.11. The second-order valence-corrected chi connectivity index (χ2v) is 5.55. The van der Waals surface area contributed by atoms with Crippen LogP contribution >= 0.6 is 0 Å². The standard InChI is InChI=1S/C18H19F3N2O3/c1-4-25-17(18(19,20)21)11-26-16-7-5-6-14(12(16)2)9-23-10-15(8-22-23)13(3)24/h5-8,10-11H,4,9H2,1-3H3/b17-11-. The summed E-state index contributed by atoms with van der Waals surface area (Å²) in [5.74, 6) is -1.00. The highest BCUT2D eigenvalue weighted by Crippen LogP contribution is 2.28. The van der Waals surface area contributed by atoms with Gasteiger partial charge in [0.2, 0.25) is 5.76 Å². The number of alkyl halides is 3. The fraction of sp³-hybridized carbons (Fsp3) is 0.333. The van der Waals surface area contributed by atoms with Gasteiger partial charge in [-0.15, -0.1) is 0 Å². The highest BCUT2D eigenvalue weighted by Gasteiger charge is 2.36. The highest BCUT2D eigenvalue weighted by molar-refractivity contribution is 5.93. The van der Waals surface area contributed by atoms with Gasteiger partial charge in [-0.2, -0.15) is 18.3 Å². The molecule has 140 valence electrons. The number of halogens is 3. The van der Waals surface area contributed by atoms with Gasteiger partial charge in [-0.05, 0) is 38.0 Å². The van der Waals surface area contributed by atoms with E-state index in [1.54, 1.807) is 29.9 Å². The van der Waals surface area contributed by atoms with Crippen molar-refractivity contribution in [1.29, 1.82) is 0 Å². The largest absolute Gasteiger partial charge is 0.487 e. The summed E-state index contributed by atoms with van der Waals surface area (Å²) in [6.07, 6.45) is -0.971. The van der Waals surface area contributed by atoms with Crippen LogP contribution in [0.5, 0.6) is 5.75 Å². The lowest BCUT2D eigenvalue weighted by Gasteiger charge is -2.14. The van der Waals surface area contributed by atoms with Crippen LogP contribution in [-0.2, 0) is 11.3 Å². The molecule has 0 atom stereocenters.